The second kappa shape index (κ2) is 9.30. The van der Waals surface area contributed by atoms with Crippen LogP contribution in [0, 0.1) is 0 Å². The number of hydrogen-bond acceptors (Lipinski definition) is 6. The molecule has 2 aromatic rings. The third-order valence-corrected chi connectivity index (χ3v) is 4.83. The maximum atomic E-state index is 13.2. The van der Waals surface area contributed by atoms with Crippen LogP contribution in [0.5, 0.6) is 11.5 Å². The van der Waals surface area contributed by atoms with E-state index in [1.54, 1.807) is 44.2 Å². The lowest BCUT2D eigenvalue weighted by Gasteiger charge is -2.32. The summed E-state index contributed by atoms with van der Waals surface area (Å²) in [7, 11) is 3.15. The molecule has 3 rings (SSSR count). The van der Waals surface area contributed by atoms with Gasteiger partial charge < -0.3 is 14.4 Å². The van der Waals surface area contributed by atoms with Gasteiger partial charge in [0.2, 0.25) is 5.84 Å². The first-order valence-corrected chi connectivity index (χ1v) is 9.72. The number of para-hydroxylation sites is 1. The van der Waals surface area contributed by atoms with Gasteiger partial charge in [0.1, 0.15) is 6.04 Å². The summed E-state index contributed by atoms with van der Waals surface area (Å²) in [6.45, 7) is 4.41. The molecule has 8 heteroatoms. The molecule has 1 aliphatic heterocycles. The Hall–Kier alpha value is -3.55. The molecule has 0 radical (unpaired) electrons. The molecule has 1 aliphatic rings. The van der Waals surface area contributed by atoms with E-state index in [4.69, 9.17) is 9.47 Å². The van der Waals surface area contributed by atoms with Crippen molar-refractivity contribution in [3.05, 3.63) is 54.1 Å². The molecule has 0 saturated carbocycles. The third-order valence-electron chi connectivity index (χ3n) is 4.83. The highest BCUT2D eigenvalue weighted by atomic mass is 16.5. The molecule has 0 spiro atoms. The Balaban J connectivity index is 1.81. The molecule has 2 amide bonds. The number of hydrazine groups is 1. The first kappa shape index (κ1) is 21.2. The van der Waals surface area contributed by atoms with Crippen molar-refractivity contribution in [3.8, 4) is 11.5 Å². The number of benzene rings is 2. The fraction of sp³-hybridized carbons (Fsp3) is 0.318. The minimum absolute atomic E-state index is 0.133. The summed E-state index contributed by atoms with van der Waals surface area (Å²) in [6, 6.07) is 14.0. The molecule has 2 aromatic carbocycles. The molecule has 1 unspecified atom stereocenters. The highest BCUT2D eigenvalue weighted by Crippen LogP contribution is 2.28. The van der Waals surface area contributed by atoms with E-state index < -0.39 is 6.04 Å². The van der Waals surface area contributed by atoms with Crippen molar-refractivity contribution in [3.63, 3.8) is 0 Å². The number of methoxy groups -OCH3 is 2. The number of ether oxygens (including phenoxy) is 2. The van der Waals surface area contributed by atoms with E-state index in [-0.39, 0.29) is 17.6 Å². The van der Waals surface area contributed by atoms with Gasteiger partial charge in [0, 0.05) is 13.1 Å². The summed E-state index contributed by atoms with van der Waals surface area (Å²) < 4.78 is 10.6. The molecule has 1 heterocycles. The van der Waals surface area contributed by atoms with Crippen LogP contribution in [0.1, 0.15) is 19.4 Å². The first-order valence-electron chi connectivity index (χ1n) is 9.72. The van der Waals surface area contributed by atoms with Crippen molar-refractivity contribution in [2.24, 2.45) is 4.99 Å². The van der Waals surface area contributed by atoms with E-state index in [9.17, 15) is 9.59 Å². The van der Waals surface area contributed by atoms with Gasteiger partial charge in [-0.15, -0.1) is 0 Å². The lowest BCUT2D eigenvalue weighted by Crippen LogP contribution is -2.58. The number of hydrogen-bond donors (Lipinski definition) is 1. The first-order chi connectivity index (χ1) is 14.5. The highest BCUT2D eigenvalue weighted by Gasteiger charge is 2.32. The number of amides is 2. The molecule has 1 N–H and O–H groups in total. The molecule has 0 saturated heterocycles. The lowest BCUT2D eigenvalue weighted by atomic mass is 10.1. The minimum atomic E-state index is -0.662. The van der Waals surface area contributed by atoms with Crippen LogP contribution < -0.4 is 19.9 Å². The van der Waals surface area contributed by atoms with Crippen LogP contribution in [0.25, 0.3) is 0 Å². The Bertz CT molecular complexity index is 945. The molecule has 0 fully saturated rings. The summed E-state index contributed by atoms with van der Waals surface area (Å²) >= 11 is 0. The predicted octanol–water partition coefficient (Wildman–Crippen LogP) is 2.39. The maximum absolute atomic E-state index is 13.2. The van der Waals surface area contributed by atoms with Gasteiger partial charge >= 0.3 is 0 Å². The summed E-state index contributed by atoms with van der Waals surface area (Å²) in [5, 5.41) is 1.37. The van der Waals surface area contributed by atoms with Crippen molar-refractivity contribution in [1.29, 1.82) is 0 Å². The number of carbonyl (C=O) groups is 2. The standard InChI is InChI=1S/C22H26N4O4/c1-5-25(14-16-11-12-18(29-3)19(13-16)30-4)22(28)20-23-15(2)21(27)26(24-20)17-9-7-6-8-10-17/h6-13,15H,5,14H2,1-4H3,(H,23,24). The number of nitrogens with zero attached hydrogens (tertiary/aromatic N) is 3. The van der Waals surface area contributed by atoms with E-state index in [0.29, 0.717) is 30.3 Å². The Labute approximate surface area is 176 Å². The second-order valence-corrected chi connectivity index (χ2v) is 6.78. The third kappa shape index (κ3) is 4.37. The second-order valence-electron chi connectivity index (χ2n) is 6.78. The van der Waals surface area contributed by atoms with Crippen molar-refractivity contribution >= 4 is 23.3 Å². The van der Waals surface area contributed by atoms with Crippen molar-refractivity contribution in [2.45, 2.75) is 26.4 Å². The van der Waals surface area contributed by atoms with Gasteiger partial charge in [-0.3, -0.25) is 15.0 Å². The van der Waals surface area contributed by atoms with Crippen LogP contribution in [0.3, 0.4) is 0 Å². The largest absolute Gasteiger partial charge is 0.493 e. The normalized spacial score (nSPS) is 15.9. The fourth-order valence-corrected chi connectivity index (χ4v) is 3.17. The Morgan fingerprint density at radius 1 is 1.13 bits per heavy atom. The molecule has 30 heavy (non-hydrogen) atoms. The molecule has 158 valence electrons. The van der Waals surface area contributed by atoms with E-state index in [2.05, 4.69) is 10.4 Å². The minimum Gasteiger partial charge on any atom is -0.493 e. The number of anilines is 1. The topological polar surface area (TPSA) is 83.5 Å². The van der Waals surface area contributed by atoms with Crippen LogP contribution in [0.2, 0.25) is 0 Å². The maximum Gasteiger partial charge on any atom is 0.291 e. The molecular weight excluding hydrogens is 384 g/mol. The average Bonchev–Trinajstić information content (AvgIpc) is 2.79. The molecule has 0 bridgehead atoms. The van der Waals surface area contributed by atoms with E-state index >= 15 is 0 Å². The van der Waals surface area contributed by atoms with Gasteiger partial charge in [0.15, 0.2) is 11.5 Å². The van der Waals surface area contributed by atoms with E-state index in [0.717, 1.165) is 5.56 Å². The van der Waals surface area contributed by atoms with Crippen molar-refractivity contribution in [1.82, 2.24) is 10.3 Å². The number of carbonyl (C=O) groups excluding carboxylic acids is 2. The molecular formula is C22H26N4O4. The summed E-state index contributed by atoms with van der Waals surface area (Å²) in [5.74, 6) is 0.849. The zero-order valence-corrected chi connectivity index (χ0v) is 17.6. The van der Waals surface area contributed by atoms with Crippen LogP contribution in [-0.4, -0.2) is 49.4 Å². The van der Waals surface area contributed by atoms with Crippen LogP contribution >= 0.6 is 0 Å². The van der Waals surface area contributed by atoms with Crippen LogP contribution in [0.15, 0.2) is 53.5 Å². The van der Waals surface area contributed by atoms with Gasteiger partial charge in [0.05, 0.1) is 19.9 Å². The number of nitrogens with one attached hydrogen (secondary N) is 1. The number of likely N-dealkylation sites (N-methyl/N-ethyl adjacent to an activating group) is 1. The zero-order chi connectivity index (χ0) is 21.7. The monoisotopic (exact) mass is 410 g/mol. The summed E-state index contributed by atoms with van der Waals surface area (Å²) in [5.41, 5.74) is 4.43. The molecule has 1 atom stereocenters. The van der Waals surface area contributed by atoms with E-state index in [1.807, 2.05) is 37.3 Å². The van der Waals surface area contributed by atoms with Crippen molar-refractivity contribution in [2.75, 3.05) is 25.8 Å². The SMILES string of the molecule is CCN(Cc1ccc(OC)c(OC)c1)C(=O)C1=NC(C)C(=O)N(c2ccccc2)N1. The smallest absolute Gasteiger partial charge is 0.291 e. The summed E-state index contributed by atoms with van der Waals surface area (Å²) in [4.78, 5) is 31.7. The average molecular weight is 410 g/mol. The van der Waals surface area contributed by atoms with Gasteiger partial charge in [0.25, 0.3) is 11.8 Å². The van der Waals surface area contributed by atoms with Crippen molar-refractivity contribution < 1.29 is 19.1 Å². The number of amidine groups is 1. The van der Waals surface area contributed by atoms with Gasteiger partial charge in [-0.1, -0.05) is 24.3 Å². The zero-order valence-electron chi connectivity index (χ0n) is 17.6. The van der Waals surface area contributed by atoms with Gasteiger partial charge in [-0.2, -0.15) is 0 Å². The lowest BCUT2D eigenvalue weighted by molar-refractivity contribution is -0.125. The Morgan fingerprint density at radius 3 is 2.47 bits per heavy atom. The van der Waals surface area contributed by atoms with Gasteiger partial charge in [-0.05, 0) is 43.7 Å². The highest BCUT2D eigenvalue weighted by molar-refractivity contribution is 6.39. The number of rotatable bonds is 7. The van der Waals surface area contributed by atoms with Gasteiger partial charge in [-0.25, -0.2) is 10.0 Å². The molecule has 8 nitrogen and oxygen atoms in total. The van der Waals surface area contributed by atoms with Crippen LogP contribution in [0.4, 0.5) is 5.69 Å². The molecule has 0 aliphatic carbocycles. The Morgan fingerprint density at radius 2 is 1.83 bits per heavy atom. The fourth-order valence-electron chi connectivity index (χ4n) is 3.17. The summed E-state index contributed by atoms with van der Waals surface area (Å²) in [6.07, 6.45) is 0. The Kier molecular flexibility index (Phi) is 6.56. The van der Waals surface area contributed by atoms with E-state index in [1.165, 1.54) is 5.01 Å². The quantitative estimate of drug-likeness (QED) is 0.758. The predicted molar refractivity (Wildman–Crippen MR) is 115 cm³/mol. The molecule has 0 aromatic heterocycles. The van der Waals surface area contributed by atoms with Crippen LogP contribution in [-0.2, 0) is 16.1 Å². The number of aliphatic imine (C=N–C) groups is 1.